The van der Waals surface area contributed by atoms with Crippen molar-refractivity contribution >= 4 is 40.2 Å². The van der Waals surface area contributed by atoms with Gasteiger partial charge in [0.25, 0.3) is 0 Å². The van der Waals surface area contributed by atoms with E-state index in [9.17, 15) is 4.79 Å². The molecule has 2 atom stereocenters. The lowest BCUT2D eigenvalue weighted by Gasteiger charge is -2.35. The molecule has 2 heterocycles. The van der Waals surface area contributed by atoms with Crippen LogP contribution in [0.4, 0.5) is 16.4 Å². The predicted octanol–water partition coefficient (Wildman–Crippen LogP) is 7.48. The summed E-state index contributed by atoms with van der Waals surface area (Å²) in [5.74, 6) is 0.603. The Morgan fingerprint density at radius 1 is 1.15 bits per heavy atom. The zero-order valence-electron chi connectivity index (χ0n) is 23.5. The number of benzene rings is 2. The second kappa shape index (κ2) is 11.9. The van der Waals surface area contributed by atoms with Crippen LogP contribution in [0, 0.1) is 0 Å². The number of para-hydroxylation sites is 1. The van der Waals surface area contributed by atoms with Gasteiger partial charge in [0.2, 0.25) is 5.95 Å². The van der Waals surface area contributed by atoms with Crippen LogP contribution in [-0.4, -0.2) is 50.7 Å². The molecule has 0 bridgehead atoms. The average molecular weight is 561 g/mol. The van der Waals surface area contributed by atoms with Crippen LogP contribution in [0.15, 0.2) is 60.9 Å². The van der Waals surface area contributed by atoms with Crippen molar-refractivity contribution in [3.63, 3.8) is 0 Å². The fourth-order valence-electron chi connectivity index (χ4n) is 5.30. The number of halogens is 1. The Bertz CT molecular complexity index is 1460. The maximum atomic E-state index is 12.0. The number of hydrogen-bond donors (Lipinski definition) is 3. The largest absolute Gasteiger partial charge is 0.444 e. The van der Waals surface area contributed by atoms with Crippen molar-refractivity contribution in [1.82, 2.24) is 19.9 Å². The number of amides is 1. The van der Waals surface area contributed by atoms with Crippen molar-refractivity contribution in [2.45, 2.75) is 70.7 Å². The number of H-pyrrole nitrogens is 1. The van der Waals surface area contributed by atoms with Crippen LogP contribution in [0.25, 0.3) is 22.2 Å². The molecule has 0 aliphatic heterocycles. The molecule has 0 radical (unpaired) electrons. The molecule has 2 aromatic carbocycles. The van der Waals surface area contributed by atoms with Crippen LogP contribution in [0.2, 0.25) is 5.02 Å². The molecule has 1 aliphatic rings. The Morgan fingerprint density at radius 3 is 2.70 bits per heavy atom. The van der Waals surface area contributed by atoms with Gasteiger partial charge in [0, 0.05) is 47.0 Å². The van der Waals surface area contributed by atoms with Crippen molar-refractivity contribution in [2.75, 3.05) is 17.7 Å². The van der Waals surface area contributed by atoms with E-state index in [-0.39, 0.29) is 6.04 Å². The number of carbonyl (C=O) groups excluding carboxylic acids is 1. The van der Waals surface area contributed by atoms with Gasteiger partial charge in [-0.15, -0.1) is 0 Å². The quantitative estimate of drug-likeness (QED) is 0.217. The normalized spacial score (nSPS) is 17.6. The molecule has 1 fully saturated rings. The lowest BCUT2D eigenvalue weighted by Crippen LogP contribution is -2.40. The van der Waals surface area contributed by atoms with E-state index in [1.807, 2.05) is 57.3 Å². The summed E-state index contributed by atoms with van der Waals surface area (Å²) in [6.07, 6.45) is 7.54. The van der Waals surface area contributed by atoms with Gasteiger partial charge in [-0.1, -0.05) is 41.9 Å². The van der Waals surface area contributed by atoms with Gasteiger partial charge in [0.1, 0.15) is 5.60 Å². The van der Waals surface area contributed by atoms with Crippen molar-refractivity contribution in [2.24, 2.45) is 0 Å². The van der Waals surface area contributed by atoms with Crippen LogP contribution < -0.4 is 10.6 Å². The van der Waals surface area contributed by atoms with E-state index in [1.54, 1.807) is 6.20 Å². The zero-order valence-corrected chi connectivity index (χ0v) is 24.3. The number of ether oxygens (including phenoxy) is 1. The van der Waals surface area contributed by atoms with Gasteiger partial charge in [0.05, 0.1) is 16.9 Å². The Morgan fingerprint density at radius 2 is 1.93 bits per heavy atom. The number of rotatable bonds is 7. The lowest BCUT2D eigenvalue weighted by atomic mass is 9.90. The highest BCUT2D eigenvalue weighted by atomic mass is 35.5. The Hall–Kier alpha value is -3.62. The standard InChI is InChI=1S/C31H37ClN6O2/c1-31(2,3)40-30(39)36-21-14-12-20(13-15-21)19-38(4)23-9-7-8-22(16-23)35-29-34-18-26(32)28(37-29)25-17-33-27-11-6-5-10-24(25)27/h5-6,10-15,17-18,22-23,33H,7-9,16,19H2,1-4H3,(H,36,39)(H,34,35,37)/t22-,23+/m1/s1. The fraction of sp³-hybridized carbons (Fsp3) is 0.387. The molecule has 9 heteroatoms. The summed E-state index contributed by atoms with van der Waals surface area (Å²) in [4.78, 5) is 27.1. The van der Waals surface area contributed by atoms with Crippen LogP contribution in [0.3, 0.4) is 0 Å². The van der Waals surface area contributed by atoms with E-state index in [0.29, 0.717) is 17.0 Å². The minimum absolute atomic E-state index is 0.276. The van der Waals surface area contributed by atoms with Gasteiger partial charge in [-0.05, 0) is 77.3 Å². The average Bonchev–Trinajstić information content (AvgIpc) is 3.34. The number of anilines is 2. The molecular formula is C31H37ClN6O2. The molecule has 1 saturated carbocycles. The summed E-state index contributed by atoms with van der Waals surface area (Å²) in [6, 6.07) is 16.8. The summed E-state index contributed by atoms with van der Waals surface area (Å²) in [5, 5.41) is 7.99. The number of fused-ring (bicyclic) bond motifs is 1. The molecule has 210 valence electrons. The van der Waals surface area contributed by atoms with E-state index in [0.717, 1.165) is 60.1 Å². The van der Waals surface area contributed by atoms with E-state index >= 15 is 0 Å². The van der Waals surface area contributed by atoms with Gasteiger partial charge < -0.3 is 15.0 Å². The SMILES string of the molecule is CN(Cc1ccc(NC(=O)OC(C)(C)C)cc1)[C@H]1CCC[C@@H](Nc2ncc(Cl)c(-c3c[nH]c4ccccc34)n2)C1. The number of nitrogens with one attached hydrogen (secondary N) is 3. The molecule has 1 aliphatic carbocycles. The Labute approximate surface area is 240 Å². The number of aromatic nitrogens is 3. The van der Waals surface area contributed by atoms with Crippen LogP contribution in [0.5, 0.6) is 0 Å². The molecular weight excluding hydrogens is 524 g/mol. The molecule has 40 heavy (non-hydrogen) atoms. The molecule has 0 spiro atoms. The number of aromatic amines is 1. The van der Waals surface area contributed by atoms with Gasteiger partial charge in [0.15, 0.2) is 0 Å². The second-order valence-corrected chi connectivity index (χ2v) is 11.9. The minimum atomic E-state index is -0.529. The minimum Gasteiger partial charge on any atom is -0.444 e. The summed E-state index contributed by atoms with van der Waals surface area (Å²) in [5.41, 5.74) is 4.13. The Kier molecular flexibility index (Phi) is 8.28. The third kappa shape index (κ3) is 6.92. The van der Waals surface area contributed by atoms with E-state index in [4.69, 9.17) is 21.3 Å². The summed E-state index contributed by atoms with van der Waals surface area (Å²) >= 11 is 6.53. The first-order chi connectivity index (χ1) is 19.1. The highest BCUT2D eigenvalue weighted by molar-refractivity contribution is 6.33. The van der Waals surface area contributed by atoms with E-state index in [2.05, 4.69) is 50.7 Å². The number of carbonyl (C=O) groups is 1. The van der Waals surface area contributed by atoms with Crippen molar-refractivity contribution in [3.8, 4) is 11.3 Å². The molecule has 0 saturated heterocycles. The van der Waals surface area contributed by atoms with E-state index < -0.39 is 11.7 Å². The number of nitrogens with zero attached hydrogens (tertiary/aromatic N) is 3. The maximum absolute atomic E-state index is 12.0. The van der Waals surface area contributed by atoms with Crippen molar-refractivity contribution in [3.05, 3.63) is 71.5 Å². The number of hydrogen-bond acceptors (Lipinski definition) is 6. The first kappa shape index (κ1) is 27.9. The second-order valence-electron chi connectivity index (χ2n) is 11.5. The smallest absolute Gasteiger partial charge is 0.412 e. The molecule has 3 N–H and O–H groups in total. The first-order valence-electron chi connectivity index (χ1n) is 13.8. The van der Waals surface area contributed by atoms with Crippen LogP contribution in [0.1, 0.15) is 52.0 Å². The lowest BCUT2D eigenvalue weighted by molar-refractivity contribution is 0.0636. The predicted molar refractivity (Wildman–Crippen MR) is 162 cm³/mol. The van der Waals surface area contributed by atoms with E-state index in [1.165, 1.54) is 5.56 Å². The van der Waals surface area contributed by atoms with Gasteiger partial charge >= 0.3 is 6.09 Å². The van der Waals surface area contributed by atoms with Gasteiger partial charge in [-0.2, -0.15) is 0 Å². The summed E-state index contributed by atoms with van der Waals surface area (Å²) < 4.78 is 5.34. The van der Waals surface area contributed by atoms with Crippen LogP contribution >= 0.6 is 11.6 Å². The van der Waals surface area contributed by atoms with Gasteiger partial charge in [-0.25, -0.2) is 14.8 Å². The third-order valence-corrected chi connectivity index (χ3v) is 7.50. The highest BCUT2D eigenvalue weighted by Crippen LogP contribution is 2.33. The monoisotopic (exact) mass is 560 g/mol. The molecule has 2 aromatic heterocycles. The summed E-state index contributed by atoms with van der Waals surface area (Å²) in [7, 11) is 2.17. The summed E-state index contributed by atoms with van der Waals surface area (Å²) in [6.45, 7) is 6.37. The van der Waals surface area contributed by atoms with Crippen LogP contribution in [-0.2, 0) is 11.3 Å². The fourth-order valence-corrected chi connectivity index (χ4v) is 5.50. The Balaban J connectivity index is 1.19. The topological polar surface area (TPSA) is 95.2 Å². The zero-order chi connectivity index (χ0) is 28.3. The molecule has 8 nitrogen and oxygen atoms in total. The first-order valence-corrected chi connectivity index (χ1v) is 14.2. The maximum Gasteiger partial charge on any atom is 0.412 e. The highest BCUT2D eigenvalue weighted by Gasteiger charge is 2.26. The molecule has 1 amide bonds. The molecule has 0 unspecified atom stereocenters. The molecule has 4 aromatic rings. The molecule has 5 rings (SSSR count). The van der Waals surface area contributed by atoms with Crippen molar-refractivity contribution in [1.29, 1.82) is 0 Å². The van der Waals surface area contributed by atoms with Gasteiger partial charge in [-0.3, -0.25) is 10.2 Å². The third-order valence-electron chi connectivity index (χ3n) is 7.22. The van der Waals surface area contributed by atoms with Crippen molar-refractivity contribution < 1.29 is 9.53 Å².